The summed E-state index contributed by atoms with van der Waals surface area (Å²) in [5.41, 5.74) is 2.38. The molecule has 0 aliphatic carbocycles. The molecule has 1 aliphatic heterocycles. The molecule has 0 spiro atoms. The summed E-state index contributed by atoms with van der Waals surface area (Å²) in [6.07, 6.45) is 2.18. The van der Waals surface area contributed by atoms with Crippen LogP contribution in [0.4, 0.5) is 0 Å². The van der Waals surface area contributed by atoms with Gasteiger partial charge in [0.2, 0.25) is 0 Å². The van der Waals surface area contributed by atoms with Crippen molar-refractivity contribution in [3.63, 3.8) is 0 Å². The van der Waals surface area contributed by atoms with E-state index in [-0.39, 0.29) is 29.7 Å². The molecule has 2 aromatic carbocycles. The lowest BCUT2D eigenvalue weighted by atomic mass is 9.97. The van der Waals surface area contributed by atoms with Gasteiger partial charge >= 0.3 is 0 Å². The molecule has 0 bridgehead atoms. The van der Waals surface area contributed by atoms with E-state index in [9.17, 15) is 5.11 Å². The topological polar surface area (TPSA) is 69.1 Å². The van der Waals surface area contributed by atoms with E-state index in [0.29, 0.717) is 31.0 Å². The van der Waals surface area contributed by atoms with Crippen LogP contribution in [0.5, 0.6) is 11.5 Å². The zero-order valence-electron chi connectivity index (χ0n) is 19.4. The molecule has 3 N–H and O–H groups in total. The van der Waals surface area contributed by atoms with E-state index in [0.717, 1.165) is 44.0 Å². The first-order valence-electron chi connectivity index (χ1n) is 11.4. The zero-order valence-corrected chi connectivity index (χ0v) is 21.7. The van der Waals surface area contributed by atoms with Gasteiger partial charge in [-0.25, -0.2) is 4.99 Å². The van der Waals surface area contributed by atoms with E-state index in [1.165, 1.54) is 5.56 Å². The molecule has 7 heteroatoms. The molecule has 3 rings (SSSR count). The highest BCUT2D eigenvalue weighted by Gasteiger charge is 2.26. The normalized spacial score (nSPS) is 19.2. The fourth-order valence-corrected chi connectivity index (χ4v) is 4.02. The van der Waals surface area contributed by atoms with Crippen LogP contribution in [0.1, 0.15) is 44.7 Å². The number of nitrogens with one attached hydrogen (secondary N) is 2. The van der Waals surface area contributed by atoms with Crippen LogP contribution in [0, 0.1) is 0 Å². The molecule has 1 heterocycles. The fraction of sp³-hybridized carbons (Fsp3) is 0.480. The molecule has 6 nitrogen and oxygen atoms in total. The summed E-state index contributed by atoms with van der Waals surface area (Å²) < 4.78 is 5.48. The van der Waals surface area contributed by atoms with Gasteiger partial charge in [0, 0.05) is 31.7 Å². The minimum Gasteiger partial charge on any atom is -0.504 e. The van der Waals surface area contributed by atoms with Gasteiger partial charge in [0.05, 0.1) is 13.2 Å². The third kappa shape index (κ3) is 7.85. The summed E-state index contributed by atoms with van der Waals surface area (Å²) in [7, 11) is 0. The van der Waals surface area contributed by atoms with Gasteiger partial charge in [0.1, 0.15) is 0 Å². The highest BCUT2D eigenvalue weighted by Crippen LogP contribution is 2.27. The maximum Gasteiger partial charge on any atom is 0.191 e. The van der Waals surface area contributed by atoms with Crippen LogP contribution >= 0.6 is 24.0 Å². The van der Waals surface area contributed by atoms with E-state index >= 15 is 0 Å². The molecule has 1 aliphatic rings. The average molecular weight is 553 g/mol. The van der Waals surface area contributed by atoms with Crippen LogP contribution in [0.25, 0.3) is 0 Å². The van der Waals surface area contributed by atoms with Crippen LogP contribution in [-0.4, -0.2) is 47.7 Å². The Morgan fingerprint density at radius 2 is 1.94 bits per heavy atom. The number of likely N-dealkylation sites (tertiary alicyclic amines) is 1. The first-order chi connectivity index (χ1) is 15.1. The van der Waals surface area contributed by atoms with Gasteiger partial charge in [-0.2, -0.15) is 0 Å². The summed E-state index contributed by atoms with van der Waals surface area (Å²) in [6, 6.07) is 17.0. The second kappa shape index (κ2) is 13.5. The fourth-order valence-electron chi connectivity index (χ4n) is 4.02. The van der Waals surface area contributed by atoms with Crippen molar-refractivity contribution in [2.45, 2.75) is 58.8 Å². The van der Waals surface area contributed by atoms with Gasteiger partial charge < -0.3 is 20.5 Å². The lowest BCUT2D eigenvalue weighted by Crippen LogP contribution is -2.51. The van der Waals surface area contributed by atoms with Gasteiger partial charge in [0.25, 0.3) is 0 Å². The molecular weight excluding hydrogens is 515 g/mol. The Balaban J connectivity index is 0.00000363. The molecule has 0 saturated carbocycles. The molecule has 0 amide bonds. The van der Waals surface area contributed by atoms with Crippen LogP contribution in [-0.2, 0) is 13.1 Å². The van der Waals surface area contributed by atoms with Crippen molar-refractivity contribution in [3.8, 4) is 11.5 Å². The third-order valence-electron chi connectivity index (χ3n) is 5.67. The van der Waals surface area contributed by atoms with Gasteiger partial charge in [-0.1, -0.05) is 36.4 Å². The number of piperidine rings is 1. The van der Waals surface area contributed by atoms with Gasteiger partial charge in [-0.3, -0.25) is 4.90 Å². The van der Waals surface area contributed by atoms with E-state index in [4.69, 9.17) is 9.73 Å². The molecule has 1 fully saturated rings. The standard InChI is InChI=1S/C25H36N4O2.HI/c1-4-26-25(27-17-21-11-12-23(30)24(16-21)31-5-2)28-22-13-14-29(19(3)15-22)18-20-9-7-6-8-10-20;/h6-12,16,19,22,30H,4-5,13-15,17-18H2,1-3H3,(H2,26,27,28);1H. The third-order valence-corrected chi connectivity index (χ3v) is 5.67. The van der Waals surface area contributed by atoms with Crippen molar-refractivity contribution < 1.29 is 9.84 Å². The Morgan fingerprint density at radius 3 is 2.62 bits per heavy atom. The highest BCUT2D eigenvalue weighted by atomic mass is 127. The van der Waals surface area contributed by atoms with Crippen LogP contribution in [0.15, 0.2) is 53.5 Å². The minimum absolute atomic E-state index is 0. The first-order valence-corrected chi connectivity index (χ1v) is 11.4. The van der Waals surface area contributed by atoms with Crippen molar-refractivity contribution in [2.75, 3.05) is 19.7 Å². The molecule has 176 valence electrons. The molecule has 2 unspecified atom stereocenters. The second-order valence-corrected chi connectivity index (χ2v) is 8.10. The van der Waals surface area contributed by atoms with E-state index < -0.39 is 0 Å². The summed E-state index contributed by atoms with van der Waals surface area (Å²) in [5.74, 6) is 1.51. The lowest BCUT2D eigenvalue weighted by molar-refractivity contribution is 0.134. The smallest absolute Gasteiger partial charge is 0.191 e. The van der Waals surface area contributed by atoms with Crippen LogP contribution in [0.2, 0.25) is 0 Å². The predicted octanol–water partition coefficient (Wildman–Crippen LogP) is 4.52. The summed E-state index contributed by atoms with van der Waals surface area (Å²) in [5, 5.41) is 16.9. The number of benzene rings is 2. The molecule has 32 heavy (non-hydrogen) atoms. The number of phenols is 1. The maximum atomic E-state index is 9.89. The van der Waals surface area contributed by atoms with E-state index in [1.807, 2.05) is 19.1 Å². The Labute approximate surface area is 209 Å². The number of guanidine groups is 1. The van der Waals surface area contributed by atoms with Crippen molar-refractivity contribution in [1.29, 1.82) is 0 Å². The number of aromatic hydroxyl groups is 1. The van der Waals surface area contributed by atoms with Crippen LogP contribution in [0.3, 0.4) is 0 Å². The molecular formula is C25H37IN4O2. The monoisotopic (exact) mass is 552 g/mol. The maximum absolute atomic E-state index is 9.89. The predicted molar refractivity (Wildman–Crippen MR) is 142 cm³/mol. The van der Waals surface area contributed by atoms with Gasteiger partial charge in [0.15, 0.2) is 17.5 Å². The largest absolute Gasteiger partial charge is 0.504 e. The molecule has 0 radical (unpaired) electrons. The summed E-state index contributed by atoms with van der Waals surface area (Å²) in [6.45, 7) is 10.2. The quantitative estimate of drug-likeness (QED) is 0.256. The van der Waals surface area contributed by atoms with Crippen molar-refractivity contribution in [3.05, 3.63) is 59.7 Å². The van der Waals surface area contributed by atoms with E-state index in [2.05, 4.69) is 59.7 Å². The number of hydrogen-bond acceptors (Lipinski definition) is 4. The average Bonchev–Trinajstić information content (AvgIpc) is 2.77. The number of phenolic OH excluding ortho intramolecular Hbond substituents is 1. The van der Waals surface area contributed by atoms with Crippen molar-refractivity contribution in [2.24, 2.45) is 4.99 Å². The Kier molecular flexibility index (Phi) is 11.1. The second-order valence-electron chi connectivity index (χ2n) is 8.10. The van der Waals surface area contributed by atoms with Gasteiger partial charge in [-0.15, -0.1) is 24.0 Å². The van der Waals surface area contributed by atoms with E-state index in [1.54, 1.807) is 6.07 Å². The molecule has 2 aromatic rings. The SMILES string of the molecule is CCNC(=NCc1ccc(O)c(OCC)c1)NC1CCN(Cc2ccccc2)C(C)C1.I. The Morgan fingerprint density at radius 1 is 1.16 bits per heavy atom. The van der Waals surface area contributed by atoms with Crippen molar-refractivity contribution in [1.82, 2.24) is 15.5 Å². The molecule has 1 saturated heterocycles. The number of hydrogen-bond donors (Lipinski definition) is 3. The highest BCUT2D eigenvalue weighted by molar-refractivity contribution is 14.0. The van der Waals surface area contributed by atoms with Gasteiger partial charge in [-0.05, 0) is 56.9 Å². The summed E-state index contributed by atoms with van der Waals surface area (Å²) in [4.78, 5) is 7.32. The number of halogens is 1. The molecule has 2 atom stereocenters. The summed E-state index contributed by atoms with van der Waals surface area (Å²) >= 11 is 0. The molecule has 0 aromatic heterocycles. The lowest BCUT2D eigenvalue weighted by Gasteiger charge is -2.38. The number of aliphatic imine (C=N–C) groups is 1. The minimum atomic E-state index is 0. The van der Waals surface area contributed by atoms with Crippen LogP contribution < -0.4 is 15.4 Å². The zero-order chi connectivity index (χ0) is 22.1. The number of nitrogens with zero attached hydrogens (tertiary/aromatic N) is 2. The Bertz CT molecular complexity index is 847. The van der Waals surface area contributed by atoms with Crippen molar-refractivity contribution >= 4 is 29.9 Å². The Hall–Kier alpha value is -2.00. The number of ether oxygens (including phenoxy) is 1. The number of rotatable bonds is 8. The first kappa shape index (κ1) is 26.3.